The van der Waals surface area contributed by atoms with E-state index < -0.39 is 57.1 Å². The van der Waals surface area contributed by atoms with Crippen LogP contribution in [-0.4, -0.2) is 60.4 Å². The molecule has 2 aliphatic heterocycles. The van der Waals surface area contributed by atoms with Crippen LogP contribution >= 0.6 is 23.1 Å². The molecule has 3 heterocycles. The zero-order chi connectivity index (χ0) is 48.0. The molecule has 1 fully saturated rings. The minimum Gasteiger partial charge on any atom is -0.448 e. The lowest BCUT2D eigenvalue weighted by Gasteiger charge is -2.49. The number of benzene rings is 6. The van der Waals surface area contributed by atoms with Gasteiger partial charge in [0.05, 0.1) is 5.69 Å². The molecule has 0 bridgehead atoms. The van der Waals surface area contributed by atoms with Crippen molar-refractivity contribution >= 4 is 56.1 Å². The minimum absolute atomic E-state index is 0.0475. The first-order chi connectivity index (χ1) is 33.6. The fraction of sp³-hybridized carbons (Fsp3) is 0.148. The van der Waals surface area contributed by atoms with Crippen LogP contribution < -0.4 is 10.6 Å². The lowest BCUT2D eigenvalue weighted by Crippen LogP contribution is -2.71. The molecule has 1 aromatic heterocycles. The van der Waals surface area contributed by atoms with Gasteiger partial charge in [-0.05, 0) is 58.5 Å². The molecule has 0 aliphatic carbocycles. The number of aromatic nitrogens is 1. The van der Waals surface area contributed by atoms with E-state index in [1.807, 2.05) is 122 Å². The van der Waals surface area contributed by atoms with Crippen molar-refractivity contribution in [1.29, 1.82) is 0 Å². The number of hydrogen-bond donors (Lipinski definition) is 2. The number of carbonyl (C=O) groups is 3. The molecule has 1 saturated heterocycles. The third-order valence-corrected chi connectivity index (χ3v) is 15.2. The third kappa shape index (κ3) is 9.72. The van der Waals surface area contributed by atoms with Gasteiger partial charge in [0.15, 0.2) is 17.3 Å². The van der Waals surface area contributed by atoms with Crippen molar-refractivity contribution < 1.29 is 36.5 Å². The van der Waals surface area contributed by atoms with Gasteiger partial charge < -0.3 is 24.3 Å². The Morgan fingerprint density at radius 3 is 1.81 bits per heavy atom. The van der Waals surface area contributed by atoms with E-state index in [-0.39, 0.29) is 21.9 Å². The molecular formula is C54H46N4O8S3. The number of esters is 1. The molecule has 348 valence electrons. The van der Waals surface area contributed by atoms with E-state index in [0.29, 0.717) is 22.0 Å². The number of fused-ring (bicyclic) bond motifs is 1. The maximum Gasteiger partial charge on any atom is 0.356 e. The van der Waals surface area contributed by atoms with E-state index >= 15 is 0 Å². The van der Waals surface area contributed by atoms with Crippen LogP contribution in [0.4, 0.5) is 5.13 Å². The number of hydrogen-bond acceptors (Lipinski definition) is 12. The van der Waals surface area contributed by atoms with E-state index in [1.165, 1.54) is 53.3 Å². The molecule has 0 spiro atoms. The number of methoxy groups -OCH3 is 1. The summed E-state index contributed by atoms with van der Waals surface area (Å²) in [5, 5.41) is 8.16. The Bertz CT molecular complexity index is 2970. The molecule has 7 aromatic rings. The summed E-state index contributed by atoms with van der Waals surface area (Å²) in [6.07, 6.45) is 0.281. The first kappa shape index (κ1) is 46.8. The van der Waals surface area contributed by atoms with Crippen molar-refractivity contribution in [1.82, 2.24) is 15.2 Å². The number of carbonyl (C=O) groups excluding carboxylic acids is 3. The van der Waals surface area contributed by atoms with E-state index in [2.05, 4.69) is 47.0 Å². The van der Waals surface area contributed by atoms with Crippen LogP contribution in [-0.2, 0) is 43.7 Å². The summed E-state index contributed by atoms with van der Waals surface area (Å²) in [5.41, 5.74) is 4.84. The van der Waals surface area contributed by atoms with Crippen molar-refractivity contribution in [3.8, 4) is 0 Å². The van der Waals surface area contributed by atoms with Crippen LogP contribution in [0.5, 0.6) is 0 Å². The predicted molar refractivity (Wildman–Crippen MR) is 266 cm³/mol. The van der Waals surface area contributed by atoms with Gasteiger partial charge >= 0.3 is 16.1 Å². The lowest BCUT2D eigenvalue weighted by atomic mass is 9.77. The number of nitrogens with zero attached hydrogens (tertiary/aromatic N) is 2. The van der Waals surface area contributed by atoms with Crippen LogP contribution in [0.15, 0.2) is 210 Å². The standard InChI is InChI=1S/C54H46N4O8S3/c1-36-28-30-43(31-29-36)69(62,63)65-33-32-39-34-67-51-45(50(60)58(51)46(39)52(61)66-47(37-18-8-3-9-19-37)38-20-10-4-11-21-38)56-49(59)48(64-2)44-35-68-53(55-44)57-54(40-22-12-5-13-23-40,41-24-14-6-15-25-41)42-26-16-7-17-27-42/h3-33,35,45,47-48,51H,34H2,1-2H3,(H,55,57)(H,56,59)/b33-32+. The average molecular weight is 975 g/mol. The topological polar surface area (TPSA) is 153 Å². The Kier molecular flexibility index (Phi) is 13.9. The monoisotopic (exact) mass is 974 g/mol. The first-order valence-electron chi connectivity index (χ1n) is 22.0. The lowest BCUT2D eigenvalue weighted by molar-refractivity contribution is -0.155. The molecular weight excluding hydrogens is 929 g/mol. The number of amides is 2. The number of rotatable bonds is 17. The van der Waals surface area contributed by atoms with Crippen LogP contribution in [0.2, 0.25) is 0 Å². The van der Waals surface area contributed by atoms with Crippen molar-refractivity contribution in [3.05, 3.63) is 244 Å². The summed E-state index contributed by atoms with van der Waals surface area (Å²) in [6.45, 7) is 1.84. The SMILES string of the molecule is COC(C(=O)NC1C(=O)N2C(C(=O)OC(c3ccccc3)c3ccccc3)=C(/C=C/OS(=O)(=O)c3ccc(C)cc3)CSC12)c1csc(NC(c2ccccc2)(c2ccccc2)c2ccccc2)n1. The molecule has 2 aliphatic rings. The molecule has 2 N–H and O–H groups in total. The van der Waals surface area contributed by atoms with Gasteiger partial charge in [0.25, 0.3) is 11.8 Å². The van der Waals surface area contributed by atoms with Crippen LogP contribution in [0.25, 0.3) is 0 Å². The molecule has 0 saturated carbocycles. The maximum atomic E-state index is 14.6. The first-order valence-corrected chi connectivity index (χ1v) is 25.3. The van der Waals surface area contributed by atoms with E-state index in [0.717, 1.165) is 28.5 Å². The zero-order valence-electron chi connectivity index (χ0n) is 37.4. The third-order valence-electron chi connectivity index (χ3n) is 11.9. The smallest absolute Gasteiger partial charge is 0.356 e. The second kappa shape index (κ2) is 20.5. The molecule has 9 rings (SSSR count). The van der Waals surface area contributed by atoms with Crippen LogP contribution in [0.1, 0.15) is 51.3 Å². The van der Waals surface area contributed by atoms with Gasteiger partial charge in [-0.15, -0.1) is 23.1 Å². The quantitative estimate of drug-likeness (QED) is 0.0295. The highest BCUT2D eigenvalue weighted by Crippen LogP contribution is 2.44. The summed E-state index contributed by atoms with van der Waals surface area (Å²) >= 11 is 2.60. The summed E-state index contributed by atoms with van der Waals surface area (Å²) in [6, 6.07) is 53.7. The molecule has 2 amide bonds. The summed E-state index contributed by atoms with van der Waals surface area (Å²) in [5.74, 6) is -1.86. The van der Waals surface area contributed by atoms with E-state index in [9.17, 15) is 22.8 Å². The van der Waals surface area contributed by atoms with Gasteiger partial charge in [-0.25, -0.2) is 9.78 Å². The summed E-state index contributed by atoms with van der Waals surface area (Å²) < 4.78 is 43.5. The molecule has 3 atom stereocenters. The van der Waals surface area contributed by atoms with Crippen LogP contribution in [0, 0.1) is 6.92 Å². The molecule has 0 radical (unpaired) electrons. The Morgan fingerprint density at radius 2 is 1.29 bits per heavy atom. The fourth-order valence-electron chi connectivity index (χ4n) is 8.45. The number of β-lactam (4-membered cyclic amide) rings is 1. The van der Waals surface area contributed by atoms with Crippen molar-refractivity contribution in [2.24, 2.45) is 0 Å². The van der Waals surface area contributed by atoms with E-state index in [1.54, 1.807) is 17.5 Å². The second-order valence-corrected chi connectivity index (χ2v) is 19.7. The molecule has 3 unspecified atom stereocenters. The normalized spacial score (nSPS) is 16.4. The molecule has 69 heavy (non-hydrogen) atoms. The van der Waals surface area contributed by atoms with Gasteiger partial charge in [-0.3, -0.25) is 14.5 Å². The van der Waals surface area contributed by atoms with Crippen molar-refractivity contribution in [2.45, 2.75) is 41.0 Å². The summed E-state index contributed by atoms with van der Waals surface area (Å²) in [4.78, 5) is 49.2. The number of allylic oxidation sites excluding steroid dienone is 1. The van der Waals surface area contributed by atoms with Crippen molar-refractivity contribution in [2.75, 3.05) is 18.2 Å². The highest BCUT2D eigenvalue weighted by atomic mass is 32.2. The van der Waals surface area contributed by atoms with Gasteiger partial charge in [0.2, 0.25) is 0 Å². The van der Waals surface area contributed by atoms with Crippen molar-refractivity contribution in [3.63, 3.8) is 0 Å². The minimum atomic E-state index is -4.21. The Morgan fingerprint density at radius 1 is 0.768 bits per heavy atom. The fourth-order valence-corrected chi connectivity index (χ4v) is 11.3. The number of thiazole rings is 1. The Balaban J connectivity index is 0.980. The molecule has 6 aromatic carbocycles. The van der Waals surface area contributed by atoms with Gasteiger partial charge in [0.1, 0.15) is 33.8 Å². The molecule has 15 heteroatoms. The predicted octanol–water partition coefficient (Wildman–Crippen LogP) is 9.45. The number of aryl methyl sites for hydroxylation is 1. The molecule has 12 nitrogen and oxygen atoms in total. The highest BCUT2D eigenvalue weighted by molar-refractivity contribution is 8.00. The average Bonchev–Trinajstić information content (AvgIpc) is 3.85. The Hall–Kier alpha value is -7.30. The number of nitrogens with one attached hydrogen (secondary N) is 2. The largest absolute Gasteiger partial charge is 0.448 e. The second-order valence-electron chi connectivity index (χ2n) is 16.2. The Labute approximate surface area is 408 Å². The number of anilines is 1. The number of ether oxygens (including phenoxy) is 2. The highest BCUT2D eigenvalue weighted by Gasteiger charge is 2.55. The maximum absolute atomic E-state index is 14.6. The van der Waals surface area contributed by atoms with E-state index in [4.69, 9.17) is 18.6 Å². The van der Waals surface area contributed by atoms with Gasteiger partial charge in [-0.2, -0.15) is 8.42 Å². The van der Waals surface area contributed by atoms with Gasteiger partial charge in [-0.1, -0.05) is 169 Å². The van der Waals surface area contributed by atoms with Gasteiger partial charge in [0, 0.05) is 18.2 Å². The zero-order valence-corrected chi connectivity index (χ0v) is 39.8. The number of thioether (sulfide) groups is 1. The van der Waals surface area contributed by atoms with Crippen LogP contribution in [0.3, 0.4) is 0 Å². The summed E-state index contributed by atoms with van der Waals surface area (Å²) in [7, 11) is -2.81.